The Kier molecular flexibility index (Phi) is 3.72. The normalized spacial score (nSPS) is 10.1. The second-order valence-corrected chi connectivity index (χ2v) is 3.95. The van der Waals surface area contributed by atoms with E-state index < -0.39 is 11.7 Å². The van der Waals surface area contributed by atoms with Crippen LogP contribution >= 0.6 is 0 Å². The van der Waals surface area contributed by atoms with Gasteiger partial charge < -0.3 is 10.7 Å². The van der Waals surface area contributed by atoms with Gasteiger partial charge in [-0.2, -0.15) is 0 Å². The summed E-state index contributed by atoms with van der Waals surface area (Å²) < 4.78 is 13.5. The summed E-state index contributed by atoms with van der Waals surface area (Å²) in [5.41, 5.74) is 3.65. The van der Waals surface area contributed by atoms with Crippen molar-refractivity contribution in [2.45, 2.75) is 6.92 Å². The minimum Gasteiger partial charge on any atom is -0.321 e. The zero-order valence-electron chi connectivity index (χ0n) is 10.3. The van der Waals surface area contributed by atoms with Crippen molar-refractivity contribution in [3.63, 3.8) is 0 Å². The summed E-state index contributed by atoms with van der Waals surface area (Å²) in [7, 11) is 0. The van der Waals surface area contributed by atoms with E-state index in [-0.39, 0.29) is 11.3 Å². The number of halogens is 1. The Morgan fingerprint density at radius 2 is 2.11 bits per heavy atom. The molecule has 0 saturated carbocycles. The molecule has 0 aliphatic rings. The SMILES string of the molecule is Cc1ccc(NC(=O)c2cccc(F)c2NN)cn1. The van der Waals surface area contributed by atoms with Crippen LogP contribution in [0.5, 0.6) is 0 Å². The molecule has 98 valence electrons. The minimum absolute atomic E-state index is 0.0416. The van der Waals surface area contributed by atoms with Crippen LogP contribution in [0.4, 0.5) is 15.8 Å². The number of amides is 1. The molecule has 1 aromatic heterocycles. The second-order valence-electron chi connectivity index (χ2n) is 3.95. The summed E-state index contributed by atoms with van der Waals surface area (Å²) in [6.07, 6.45) is 1.53. The lowest BCUT2D eigenvalue weighted by molar-refractivity contribution is 0.102. The first-order chi connectivity index (χ1) is 9.11. The molecule has 2 aromatic rings. The predicted octanol–water partition coefficient (Wildman–Crippen LogP) is 2.07. The molecule has 0 aliphatic carbocycles. The molecule has 5 nitrogen and oxygen atoms in total. The minimum atomic E-state index is -0.586. The van der Waals surface area contributed by atoms with Crippen molar-refractivity contribution in [3.8, 4) is 0 Å². The average Bonchev–Trinajstić information content (AvgIpc) is 2.41. The maximum absolute atomic E-state index is 13.5. The van der Waals surface area contributed by atoms with Gasteiger partial charge in [0.25, 0.3) is 5.91 Å². The Balaban J connectivity index is 2.25. The summed E-state index contributed by atoms with van der Waals surface area (Å²) in [5, 5.41) is 2.62. The smallest absolute Gasteiger partial charge is 0.257 e. The van der Waals surface area contributed by atoms with Crippen LogP contribution in [0.15, 0.2) is 36.5 Å². The number of anilines is 2. The van der Waals surface area contributed by atoms with Gasteiger partial charge >= 0.3 is 0 Å². The lowest BCUT2D eigenvalue weighted by Gasteiger charge is -2.10. The molecule has 19 heavy (non-hydrogen) atoms. The number of rotatable bonds is 3. The molecule has 0 bridgehead atoms. The topological polar surface area (TPSA) is 80.0 Å². The van der Waals surface area contributed by atoms with Gasteiger partial charge in [0.05, 0.1) is 23.1 Å². The number of carbonyl (C=O) groups is 1. The third-order valence-corrected chi connectivity index (χ3v) is 2.57. The lowest BCUT2D eigenvalue weighted by Crippen LogP contribution is -2.18. The molecule has 0 atom stereocenters. The zero-order valence-corrected chi connectivity index (χ0v) is 10.3. The van der Waals surface area contributed by atoms with Gasteiger partial charge in [0, 0.05) is 5.69 Å². The molecule has 6 heteroatoms. The molecule has 1 heterocycles. The van der Waals surface area contributed by atoms with Crippen molar-refractivity contribution in [2.24, 2.45) is 5.84 Å². The number of pyridine rings is 1. The Morgan fingerprint density at radius 1 is 1.32 bits per heavy atom. The average molecular weight is 260 g/mol. The molecule has 4 N–H and O–H groups in total. The number of benzene rings is 1. The van der Waals surface area contributed by atoms with Crippen LogP contribution in [0, 0.1) is 12.7 Å². The Hall–Kier alpha value is -2.47. The van der Waals surface area contributed by atoms with Gasteiger partial charge in [-0.15, -0.1) is 0 Å². The summed E-state index contributed by atoms with van der Waals surface area (Å²) in [6.45, 7) is 1.84. The van der Waals surface area contributed by atoms with Crippen LogP contribution in [-0.4, -0.2) is 10.9 Å². The lowest BCUT2D eigenvalue weighted by atomic mass is 10.1. The number of nitrogens with two attached hydrogens (primary N) is 1. The fraction of sp³-hybridized carbons (Fsp3) is 0.0769. The zero-order chi connectivity index (χ0) is 13.8. The van der Waals surface area contributed by atoms with Crippen LogP contribution in [0.25, 0.3) is 0 Å². The van der Waals surface area contributed by atoms with Crippen molar-refractivity contribution in [2.75, 3.05) is 10.7 Å². The fourth-order valence-electron chi connectivity index (χ4n) is 1.60. The highest BCUT2D eigenvalue weighted by molar-refractivity contribution is 6.08. The van der Waals surface area contributed by atoms with Crippen LogP contribution in [-0.2, 0) is 0 Å². The molecule has 0 saturated heterocycles. The van der Waals surface area contributed by atoms with Crippen molar-refractivity contribution < 1.29 is 9.18 Å². The first-order valence-electron chi connectivity index (χ1n) is 5.61. The standard InChI is InChI=1S/C13H13FN4O/c1-8-5-6-9(7-16-8)17-13(19)10-3-2-4-11(14)12(10)18-15/h2-7,18H,15H2,1H3,(H,17,19). The number of para-hydroxylation sites is 1. The van der Waals surface area contributed by atoms with E-state index in [1.165, 1.54) is 24.4 Å². The maximum atomic E-state index is 13.5. The van der Waals surface area contributed by atoms with E-state index in [9.17, 15) is 9.18 Å². The molecule has 2 rings (SSSR count). The highest BCUT2D eigenvalue weighted by atomic mass is 19.1. The van der Waals surface area contributed by atoms with Crippen molar-refractivity contribution in [3.05, 3.63) is 53.6 Å². The number of hydrogen-bond acceptors (Lipinski definition) is 4. The Bertz CT molecular complexity index is 598. The first kappa shape index (κ1) is 13.0. The number of nitrogens with zero attached hydrogens (tertiary/aromatic N) is 1. The number of aromatic nitrogens is 1. The molecule has 0 unspecified atom stereocenters. The van der Waals surface area contributed by atoms with E-state index >= 15 is 0 Å². The number of hydrogen-bond donors (Lipinski definition) is 3. The maximum Gasteiger partial charge on any atom is 0.257 e. The van der Waals surface area contributed by atoms with Gasteiger partial charge in [0.15, 0.2) is 0 Å². The summed E-state index contributed by atoms with van der Waals surface area (Å²) >= 11 is 0. The van der Waals surface area contributed by atoms with E-state index in [0.717, 1.165) is 5.69 Å². The number of nitrogen functional groups attached to an aromatic ring is 1. The summed E-state index contributed by atoms with van der Waals surface area (Å²) in [5.74, 6) is 4.17. The molecule has 0 radical (unpaired) electrons. The quantitative estimate of drug-likeness (QED) is 0.583. The number of nitrogens with one attached hydrogen (secondary N) is 2. The van der Waals surface area contributed by atoms with Crippen LogP contribution < -0.4 is 16.6 Å². The van der Waals surface area contributed by atoms with Crippen molar-refractivity contribution in [1.82, 2.24) is 4.98 Å². The summed E-state index contributed by atoms with van der Waals surface area (Å²) in [4.78, 5) is 16.1. The second kappa shape index (κ2) is 5.45. The van der Waals surface area contributed by atoms with E-state index in [2.05, 4.69) is 15.7 Å². The van der Waals surface area contributed by atoms with Crippen LogP contribution in [0.1, 0.15) is 16.1 Å². The number of hydrazine groups is 1. The molecular weight excluding hydrogens is 247 g/mol. The summed E-state index contributed by atoms with van der Waals surface area (Å²) in [6, 6.07) is 7.63. The van der Waals surface area contributed by atoms with E-state index in [1.54, 1.807) is 12.1 Å². The first-order valence-corrected chi connectivity index (χ1v) is 5.61. The van der Waals surface area contributed by atoms with Crippen molar-refractivity contribution in [1.29, 1.82) is 0 Å². The van der Waals surface area contributed by atoms with E-state index in [1.807, 2.05) is 6.92 Å². The van der Waals surface area contributed by atoms with E-state index in [0.29, 0.717) is 5.69 Å². The molecule has 1 aromatic carbocycles. The molecular formula is C13H13FN4O. The third-order valence-electron chi connectivity index (χ3n) is 2.57. The predicted molar refractivity (Wildman–Crippen MR) is 71.1 cm³/mol. The van der Waals surface area contributed by atoms with Crippen molar-refractivity contribution >= 4 is 17.3 Å². The van der Waals surface area contributed by atoms with Crippen LogP contribution in [0.3, 0.4) is 0 Å². The van der Waals surface area contributed by atoms with Gasteiger partial charge in [-0.25, -0.2) is 4.39 Å². The Morgan fingerprint density at radius 3 is 2.74 bits per heavy atom. The third kappa shape index (κ3) is 2.86. The van der Waals surface area contributed by atoms with Gasteiger partial charge in [0.1, 0.15) is 5.82 Å². The number of aryl methyl sites for hydroxylation is 1. The number of carbonyl (C=O) groups excluding carboxylic acids is 1. The fourth-order valence-corrected chi connectivity index (χ4v) is 1.60. The highest BCUT2D eigenvalue weighted by Gasteiger charge is 2.14. The van der Waals surface area contributed by atoms with Gasteiger partial charge in [0.2, 0.25) is 0 Å². The monoisotopic (exact) mass is 260 g/mol. The Labute approximate surface area is 109 Å². The van der Waals surface area contributed by atoms with Gasteiger partial charge in [-0.05, 0) is 31.2 Å². The highest BCUT2D eigenvalue weighted by Crippen LogP contribution is 2.20. The molecule has 1 amide bonds. The molecule has 0 fully saturated rings. The van der Waals surface area contributed by atoms with E-state index in [4.69, 9.17) is 5.84 Å². The van der Waals surface area contributed by atoms with Crippen LogP contribution in [0.2, 0.25) is 0 Å². The largest absolute Gasteiger partial charge is 0.321 e. The molecule has 0 aliphatic heterocycles. The molecule has 0 spiro atoms. The van der Waals surface area contributed by atoms with Gasteiger partial charge in [-0.3, -0.25) is 15.6 Å². The van der Waals surface area contributed by atoms with Gasteiger partial charge in [-0.1, -0.05) is 6.07 Å².